The lowest BCUT2D eigenvalue weighted by atomic mass is 10.2. The molecule has 0 saturated heterocycles. The molecule has 1 aromatic heterocycles. The number of nitrogens with zero attached hydrogens (tertiary/aromatic N) is 1. The highest BCUT2D eigenvalue weighted by molar-refractivity contribution is 5.23. The molecule has 1 heterocycles. The van der Waals surface area contributed by atoms with Crippen molar-refractivity contribution in [2.24, 2.45) is 0 Å². The fourth-order valence-electron chi connectivity index (χ4n) is 1.33. The first-order valence-corrected chi connectivity index (χ1v) is 5.12. The number of hydrogen-bond donors (Lipinski definition) is 1. The largest absolute Gasteiger partial charge is 0.470 e. The van der Waals surface area contributed by atoms with Crippen molar-refractivity contribution >= 4 is 0 Å². The van der Waals surface area contributed by atoms with Crippen molar-refractivity contribution in [2.75, 3.05) is 20.8 Å². The van der Waals surface area contributed by atoms with Gasteiger partial charge in [-0.25, -0.2) is 9.37 Å². The minimum absolute atomic E-state index is 0.0253. The molecule has 5 heteroatoms. The van der Waals surface area contributed by atoms with Gasteiger partial charge in [0, 0.05) is 25.4 Å². The molecule has 1 rings (SSSR count). The van der Waals surface area contributed by atoms with Crippen LogP contribution in [0.5, 0.6) is 5.88 Å². The van der Waals surface area contributed by atoms with Gasteiger partial charge in [0.25, 0.3) is 5.88 Å². The molecule has 1 atom stereocenters. The average Bonchev–Trinajstić information content (AvgIpc) is 2.24. The van der Waals surface area contributed by atoms with Crippen molar-refractivity contribution in [3.8, 4) is 5.88 Å². The van der Waals surface area contributed by atoms with E-state index in [1.54, 1.807) is 27.1 Å². The molecular weight excluding hydrogens is 211 g/mol. The van der Waals surface area contributed by atoms with Crippen LogP contribution >= 0.6 is 0 Å². The van der Waals surface area contributed by atoms with Crippen LogP contribution in [0.1, 0.15) is 12.5 Å². The van der Waals surface area contributed by atoms with Gasteiger partial charge in [0.2, 0.25) is 0 Å². The molecule has 90 valence electrons. The predicted octanol–water partition coefficient (Wildman–Crippen LogP) is 1.35. The molecule has 0 aliphatic rings. The van der Waals surface area contributed by atoms with E-state index in [0.29, 0.717) is 18.7 Å². The molecule has 0 amide bonds. The van der Waals surface area contributed by atoms with Crippen LogP contribution in [-0.4, -0.2) is 31.9 Å². The average molecular weight is 228 g/mol. The summed E-state index contributed by atoms with van der Waals surface area (Å²) in [4.78, 5) is 3.86. The molecule has 4 nitrogen and oxygen atoms in total. The van der Waals surface area contributed by atoms with Crippen molar-refractivity contribution in [1.82, 2.24) is 10.3 Å². The zero-order valence-corrected chi connectivity index (χ0v) is 9.79. The summed E-state index contributed by atoms with van der Waals surface area (Å²) in [5, 5.41) is 2.88. The van der Waals surface area contributed by atoms with Gasteiger partial charge in [-0.05, 0) is 20.0 Å². The standard InChI is InChI=1S/C11H17FN2O2/c1-8(7-15-3)16-11-10(12)9(6-13-2)4-5-14-11/h4-5,8,13H,6-7H2,1-3H3. The second-order valence-electron chi connectivity index (χ2n) is 3.50. The zero-order valence-electron chi connectivity index (χ0n) is 9.79. The fourth-order valence-corrected chi connectivity index (χ4v) is 1.33. The number of methoxy groups -OCH3 is 1. The summed E-state index contributed by atoms with van der Waals surface area (Å²) >= 11 is 0. The second kappa shape index (κ2) is 6.40. The first kappa shape index (κ1) is 12.9. The summed E-state index contributed by atoms with van der Waals surface area (Å²) in [6, 6.07) is 1.62. The van der Waals surface area contributed by atoms with Gasteiger partial charge in [-0.2, -0.15) is 0 Å². The summed E-state index contributed by atoms with van der Waals surface area (Å²) in [7, 11) is 3.33. The Morgan fingerprint density at radius 3 is 2.94 bits per heavy atom. The first-order valence-electron chi connectivity index (χ1n) is 5.12. The number of rotatable bonds is 6. The Bertz CT molecular complexity index is 334. The molecule has 0 aromatic carbocycles. The van der Waals surface area contributed by atoms with Crippen LogP contribution < -0.4 is 10.1 Å². The van der Waals surface area contributed by atoms with E-state index in [2.05, 4.69) is 10.3 Å². The number of aromatic nitrogens is 1. The zero-order chi connectivity index (χ0) is 12.0. The van der Waals surface area contributed by atoms with Crippen LogP contribution in [0, 0.1) is 5.82 Å². The highest BCUT2D eigenvalue weighted by Crippen LogP contribution is 2.18. The van der Waals surface area contributed by atoms with Gasteiger partial charge in [0.05, 0.1) is 6.61 Å². The van der Waals surface area contributed by atoms with Crippen molar-refractivity contribution in [3.63, 3.8) is 0 Å². The smallest absolute Gasteiger partial charge is 0.251 e. The van der Waals surface area contributed by atoms with Gasteiger partial charge < -0.3 is 14.8 Å². The lowest BCUT2D eigenvalue weighted by Gasteiger charge is -2.14. The van der Waals surface area contributed by atoms with Crippen LogP contribution in [0.4, 0.5) is 4.39 Å². The molecule has 1 aromatic rings. The lowest BCUT2D eigenvalue weighted by Crippen LogP contribution is -2.20. The summed E-state index contributed by atoms with van der Waals surface area (Å²) < 4.78 is 24.0. The number of ether oxygens (including phenoxy) is 2. The monoisotopic (exact) mass is 228 g/mol. The third-order valence-corrected chi connectivity index (χ3v) is 2.02. The van der Waals surface area contributed by atoms with E-state index >= 15 is 0 Å². The van der Waals surface area contributed by atoms with Crippen molar-refractivity contribution in [2.45, 2.75) is 19.6 Å². The van der Waals surface area contributed by atoms with E-state index in [1.807, 2.05) is 0 Å². The Morgan fingerprint density at radius 1 is 1.56 bits per heavy atom. The van der Waals surface area contributed by atoms with Gasteiger partial charge in [0.15, 0.2) is 5.82 Å². The van der Waals surface area contributed by atoms with Gasteiger partial charge in [-0.1, -0.05) is 0 Å². The van der Waals surface area contributed by atoms with Crippen molar-refractivity contribution in [1.29, 1.82) is 0 Å². The first-order chi connectivity index (χ1) is 7.69. The Morgan fingerprint density at radius 2 is 2.31 bits per heavy atom. The van der Waals surface area contributed by atoms with E-state index in [1.165, 1.54) is 6.20 Å². The molecule has 0 aliphatic carbocycles. The number of halogens is 1. The predicted molar refractivity (Wildman–Crippen MR) is 58.9 cm³/mol. The van der Waals surface area contributed by atoms with E-state index in [-0.39, 0.29) is 12.0 Å². The molecule has 16 heavy (non-hydrogen) atoms. The molecule has 0 radical (unpaired) electrons. The SMILES string of the molecule is CNCc1ccnc(OC(C)COC)c1F. The van der Waals surface area contributed by atoms with Gasteiger partial charge in [-0.15, -0.1) is 0 Å². The maximum Gasteiger partial charge on any atom is 0.251 e. The van der Waals surface area contributed by atoms with Crippen LogP contribution in [0.3, 0.4) is 0 Å². The maximum atomic E-state index is 13.8. The van der Waals surface area contributed by atoms with Crippen LogP contribution in [0.2, 0.25) is 0 Å². The molecule has 0 fully saturated rings. The second-order valence-corrected chi connectivity index (χ2v) is 3.50. The third kappa shape index (κ3) is 3.43. The number of pyridine rings is 1. The van der Waals surface area contributed by atoms with E-state index in [0.717, 1.165) is 0 Å². The minimum atomic E-state index is -0.417. The molecule has 1 unspecified atom stereocenters. The number of hydrogen-bond acceptors (Lipinski definition) is 4. The Balaban J connectivity index is 2.76. The Kier molecular flexibility index (Phi) is 5.14. The Hall–Kier alpha value is -1.20. The molecule has 0 spiro atoms. The van der Waals surface area contributed by atoms with Gasteiger partial charge >= 0.3 is 0 Å². The topological polar surface area (TPSA) is 43.4 Å². The van der Waals surface area contributed by atoms with Crippen molar-refractivity contribution < 1.29 is 13.9 Å². The van der Waals surface area contributed by atoms with Crippen LogP contribution in [0.15, 0.2) is 12.3 Å². The summed E-state index contributed by atoms with van der Waals surface area (Å²) in [5.74, 6) is -0.392. The Labute approximate surface area is 94.8 Å². The highest BCUT2D eigenvalue weighted by Gasteiger charge is 2.13. The van der Waals surface area contributed by atoms with E-state index in [9.17, 15) is 4.39 Å². The van der Waals surface area contributed by atoms with Gasteiger partial charge in [0.1, 0.15) is 6.10 Å². The minimum Gasteiger partial charge on any atom is -0.470 e. The lowest BCUT2D eigenvalue weighted by molar-refractivity contribution is 0.0857. The highest BCUT2D eigenvalue weighted by atomic mass is 19.1. The van der Waals surface area contributed by atoms with E-state index < -0.39 is 5.82 Å². The summed E-state index contributed by atoms with van der Waals surface area (Å²) in [5.41, 5.74) is 0.539. The molecule has 0 bridgehead atoms. The normalized spacial score (nSPS) is 12.5. The van der Waals surface area contributed by atoms with Gasteiger partial charge in [-0.3, -0.25) is 0 Å². The quantitative estimate of drug-likeness (QED) is 0.798. The van der Waals surface area contributed by atoms with Crippen LogP contribution in [0.25, 0.3) is 0 Å². The molecule has 0 aliphatic heterocycles. The molecule has 1 N–H and O–H groups in total. The summed E-state index contributed by atoms with van der Waals surface area (Å²) in [6.45, 7) is 2.65. The fraction of sp³-hybridized carbons (Fsp3) is 0.545. The van der Waals surface area contributed by atoms with Crippen LogP contribution in [-0.2, 0) is 11.3 Å². The third-order valence-electron chi connectivity index (χ3n) is 2.02. The maximum absolute atomic E-state index is 13.8. The van der Waals surface area contributed by atoms with Crippen molar-refractivity contribution in [3.05, 3.63) is 23.6 Å². The number of nitrogens with one attached hydrogen (secondary N) is 1. The summed E-state index contributed by atoms with van der Waals surface area (Å²) in [6.07, 6.45) is 1.31. The molecule has 0 saturated carbocycles. The molecular formula is C11H17FN2O2. The van der Waals surface area contributed by atoms with E-state index in [4.69, 9.17) is 9.47 Å².